The van der Waals surface area contributed by atoms with E-state index in [1.807, 2.05) is 29.2 Å². The van der Waals surface area contributed by atoms with Gasteiger partial charge in [0.25, 0.3) is 0 Å². The Bertz CT molecular complexity index is 461. The minimum atomic E-state index is -0.0647. The number of anilines is 1. The lowest BCUT2D eigenvalue weighted by Gasteiger charge is -2.38. The van der Waals surface area contributed by atoms with E-state index in [2.05, 4.69) is 12.2 Å². The lowest BCUT2D eigenvalue weighted by Crippen LogP contribution is -2.51. The summed E-state index contributed by atoms with van der Waals surface area (Å²) in [6.45, 7) is 3.50. The molecule has 0 bridgehead atoms. The Morgan fingerprint density at radius 2 is 2.14 bits per heavy atom. The first kappa shape index (κ1) is 15.6. The van der Waals surface area contributed by atoms with Gasteiger partial charge in [0, 0.05) is 24.8 Å². The Morgan fingerprint density at radius 3 is 2.71 bits per heavy atom. The fourth-order valence-electron chi connectivity index (χ4n) is 2.87. The van der Waals surface area contributed by atoms with Crippen LogP contribution in [0.5, 0.6) is 5.75 Å². The van der Waals surface area contributed by atoms with E-state index in [1.54, 1.807) is 7.11 Å². The highest BCUT2D eigenvalue weighted by Crippen LogP contribution is 2.25. The number of hydrogen-bond acceptors (Lipinski definition) is 3. The van der Waals surface area contributed by atoms with Crippen molar-refractivity contribution in [2.45, 2.75) is 32.2 Å². The topological polar surface area (TPSA) is 67.6 Å². The molecule has 0 saturated carbocycles. The highest BCUT2D eigenvalue weighted by atomic mass is 16.5. The van der Waals surface area contributed by atoms with Crippen LogP contribution in [0.2, 0.25) is 0 Å². The fraction of sp³-hybridized carbons (Fsp3) is 0.562. The molecule has 0 aromatic heterocycles. The Morgan fingerprint density at radius 1 is 1.43 bits per heavy atom. The average molecular weight is 291 g/mol. The van der Waals surface area contributed by atoms with Crippen LogP contribution in [0.3, 0.4) is 0 Å². The van der Waals surface area contributed by atoms with Crippen molar-refractivity contribution in [3.8, 4) is 5.75 Å². The minimum Gasteiger partial charge on any atom is -0.497 e. The van der Waals surface area contributed by atoms with Gasteiger partial charge in [-0.05, 0) is 43.0 Å². The number of carbonyl (C=O) groups excluding carboxylic acids is 1. The Kier molecular flexibility index (Phi) is 5.44. The number of ether oxygens (including phenoxy) is 1. The van der Waals surface area contributed by atoms with Gasteiger partial charge in [0.1, 0.15) is 5.75 Å². The smallest absolute Gasteiger partial charge is 0.322 e. The normalized spacial score (nSPS) is 22.0. The highest BCUT2D eigenvalue weighted by Gasteiger charge is 2.29. The van der Waals surface area contributed by atoms with Crippen LogP contribution in [0.25, 0.3) is 0 Å². The van der Waals surface area contributed by atoms with Crippen molar-refractivity contribution < 1.29 is 9.53 Å². The first-order valence-corrected chi connectivity index (χ1v) is 7.59. The second kappa shape index (κ2) is 7.31. The number of carbonyl (C=O) groups is 1. The van der Waals surface area contributed by atoms with Crippen LogP contribution < -0.4 is 15.8 Å². The number of urea groups is 1. The van der Waals surface area contributed by atoms with Crippen molar-refractivity contribution in [2.24, 2.45) is 11.7 Å². The van der Waals surface area contributed by atoms with Crippen LogP contribution in [0.15, 0.2) is 24.3 Å². The van der Waals surface area contributed by atoms with Crippen molar-refractivity contribution in [1.29, 1.82) is 0 Å². The van der Waals surface area contributed by atoms with E-state index >= 15 is 0 Å². The third kappa shape index (κ3) is 3.88. The number of hydrogen-bond donors (Lipinski definition) is 2. The molecular weight excluding hydrogens is 266 g/mol. The Balaban J connectivity index is 1.98. The lowest BCUT2D eigenvalue weighted by atomic mass is 9.89. The number of rotatable bonds is 4. The Hall–Kier alpha value is -1.75. The maximum atomic E-state index is 12.4. The summed E-state index contributed by atoms with van der Waals surface area (Å²) in [6.07, 6.45) is 3.22. The van der Waals surface area contributed by atoms with Gasteiger partial charge in [0.15, 0.2) is 0 Å². The summed E-state index contributed by atoms with van der Waals surface area (Å²) >= 11 is 0. The van der Waals surface area contributed by atoms with Gasteiger partial charge in [-0.1, -0.05) is 13.3 Å². The zero-order valence-electron chi connectivity index (χ0n) is 12.8. The van der Waals surface area contributed by atoms with E-state index < -0.39 is 0 Å². The van der Waals surface area contributed by atoms with Gasteiger partial charge in [0.2, 0.25) is 0 Å². The van der Waals surface area contributed by atoms with Crippen molar-refractivity contribution in [3.63, 3.8) is 0 Å². The van der Waals surface area contributed by atoms with Gasteiger partial charge in [-0.3, -0.25) is 0 Å². The average Bonchev–Trinajstić information content (AvgIpc) is 2.54. The summed E-state index contributed by atoms with van der Waals surface area (Å²) < 4.78 is 5.11. The van der Waals surface area contributed by atoms with Crippen LogP contribution in [-0.2, 0) is 0 Å². The molecule has 116 valence electrons. The van der Waals surface area contributed by atoms with Crippen LogP contribution >= 0.6 is 0 Å². The summed E-state index contributed by atoms with van der Waals surface area (Å²) in [5, 5.41) is 2.94. The molecule has 2 amide bonds. The van der Waals surface area contributed by atoms with Gasteiger partial charge in [-0.15, -0.1) is 0 Å². The van der Waals surface area contributed by atoms with Gasteiger partial charge in [-0.25, -0.2) is 4.79 Å². The maximum Gasteiger partial charge on any atom is 0.322 e. The molecule has 1 aromatic rings. The zero-order valence-corrected chi connectivity index (χ0v) is 12.8. The summed E-state index contributed by atoms with van der Waals surface area (Å²) in [5.74, 6) is 1.46. The van der Waals surface area contributed by atoms with Gasteiger partial charge < -0.3 is 20.7 Å². The van der Waals surface area contributed by atoms with Crippen LogP contribution in [0.4, 0.5) is 10.5 Å². The third-order valence-electron chi connectivity index (χ3n) is 4.28. The van der Waals surface area contributed by atoms with E-state index in [9.17, 15) is 4.79 Å². The van der Waals surface area contributed by atoms with Gasteiger partial charge >= 0.3 is 6.03 Å². The number of methoxy groups -OCH3 is 1. The molecule has 1 heterocycles. The monoisotopic (exact) mass is 291 g/mol. The van der Waals surface area contributed by atoms with Crippen LogP contribution in [0, 0.1) is 5.92 Å². The van der Waals surface area contributed by atoms with Crippen molar-refractivity contribution in [1.82, 2.24) is 4.90 Å². The third-order valence-corrected chi connectivity index (χ3v) is 4.28. The van der Waals surface area contributed by atoms with Crippen molar-refractivity contribution in [2.75, 3.05) is 25.5 Å². The van der Waals surface area contributed by atoms with E-state index in [4.69, 9.17) is 10.5 Å². The first-order valence-electron chi connectivity index (χ1n) is 7.59. The van der Waals surface area contributed by atoms with Crippen LogP contribution in [-0.4, -0.2) is 37.2 Å². The molecule has 5 nitrogen and oxygen atoms in total. The standard InChI is InChI=1S/C16H25N3O2/c1-3-12-8-9-19(14(10-12)11-17)16(20)18-13-4-6-15(21-2)7-5-13/h4-7,12,14H,3,8-11,17H2,1-2H3,(H,18,20). The highest BCUT2D eigenvalue weighted by molar-refractivity contribution is 5.89. The quantitative estimate of drug-likeness (QED) is 0.896. The SMILES string of the molecule is CCC1CCN(C(=O)Nc2ccc(OC)cc2)C(CN)C1. The molecule has 1 aliphatic heterocycles. The van der Waals surface area contributed by atoms with Crippen molar-refractivity contribution >= 4 is 11.7 Å². The summed E-state index contributed by atoms with van der Waals surface area (Å²) in [6, 6.07) is 7.42. The molecule has 3 N–H and O–H groups in total. The Labute approximate surface area is 126 Å². The number of likely N-dealkylation sites (tertiary alicyclic amines) is 1. The summed E-state index contributed by atoms with van der Waals surface area (Å²) in [7, 11) is 1.62. The summed E-state index contributed by atoms with van der Waals surface area (Å²) in [5.41, 5.74) is 6.61. The maximum absolute atomic E-state index is 12.4. The van der Waals surface area contributed by atoms with E-state index in [-0.39, 0.29) is 12.1 Å². The van der Waals surface area contributed by atoms with E-state index in [0.29, 0.717) is 12.5 Å². The predicted octanol–water partition coefficient (Wildman–Crippen LogP) is 2.68. The molecule has 2 unspecified atom stereocenters. The number of amides is 2. The molecule has 0 aliphatic carbocycles. The minimum absolute atomic E-state index is 0.0647. The largest absolute Gasteiger partial charge is 0.497 e. The molecule has 0 spiro atoms. The number of nitrogens with zero attached hydrogens (tertiary/aromatic N) is 1. The van der Waals surface area contributed by atoms with Gasteiger partial charge in [0.05, 0.1) is 7.11 Å². The molecule has 21 heavy (non-hydrogen) atoms. The van der Waals surface area contributed by atoms with E-state index in [0.717, 1.165) is 37.2 Å². The molecule has 2 atom stereocenters. The molecule has 1 fully saturated rings. The number of benzene rings is 1. The van der Waals surface area contributed by atoms with E-state index in [1.165, 1.54) is 0 Å². The number of nitrogens with one attached hydrogen (secondary N) is 1. The fourth-order valence-corrected chi connectivity index (χ4v) is 2.87. The lowest BCUT2D eigenvalue weighted by molar-refractivity contribution is 0.138. The molecule has 1 aliphatic rings. The molecule has 5 heteroatoms. The molecule has 1 saturated heterocycles. The first-order chi connectivity index (χ1) is 10.2. The number of piperidine rings is 1. The second-order valence-electron chi connectivity index (χ2n) is 5.54. The molecule has 2 rings (SSSR count). The van der Waals surface area contributed by atoms with Gasteiger partial charge in [-0.2, -0.15) is 0 Å². The van der Waals surface area contributed by atoms with Crippen LogP contribution in [0.1, 0.15) is 26.2 Å². The zero-order chi connectivity index (χ0) is 15.2. The predicted molar refractivity (Wildman–Crippen MR) is 84.6 cm³/mol. The van der Waals surface area contributed by atoms with Crippen molar-refractivity contribution in [3.05, 3.63) is 24.3 Å². The molecule has 1 aromatic carbocycles. The molecular formula is C16H25N3O2. The second-order valence-corrected chi connectivity index (χ2v) is 5.54. The number of nitrogens with two attached hydrogens (primary N) is 1. The summed E-state index contributed by atoms with van der Waals surface area (Å²) in [4.78, 5) is 14.3. The molecule has 0 radical (unpaired) electrons.